The standard InChI is InChI=1S/C23H34N4O4.2H2/c1-23(2,3)31-22(30)27-13-11-19(12-14-27)26(4)20(28)17-7-9-18(10-8-17)25-21(29)24-15-16-5-6-16;;/h7-10,16,19H,5-6,11-15H2,1-4H3,(H2,24,25,29);2*1H. The quantitative estimate of drug-likeness (QED) is 0.727. The van der Waals surface area contributed by atoms with E-state index in [1.54, 1.807) is 41.1 Å². The van der Waals surface area contributed by atoms with Gasteiger partial charge < -0.3 is 25.2 Å². The molecule has 1 aliphatic heterocycles. The lowest BCUT2D eigenvalue weighted by molar-refractivity contribution is 0.0160. The zero-order valence-corrected chi connectivity index (χ0v) is 18.9. The van der Waals surface area contributed by atoms with Gasteiger partial charge in [0.15, 0.2) is 0 Å². The number of likely N-dealkylation sites (tertiary alicyclic amines) is 1. The summed E-state index contributed by atoms with van der Waals surface area (Å²) in [7, 11) is 1.80. The molecule has 31 heavy (non-hydrogen) atoms. The summed E-state index contributed by atoms with van der Waals surface area (Å²) >= 11 is 0. The van der Waals surface area contributed by atoms with Crippen LogP contribution >= 0.6 is 0 Å². The highest BCUT2D eigenvalue weighted by atomic mass is 16.6. The zero-order chi connectivity index (χ0) is 22.6. The fourth-order valence-electron chi connectivity index (χ4n) is 3.56. The minimum atomic E-state index is -0.514. The molecule has 4 amide bonds. The van der Waals surface area contributed by atoms with Crippen molar-refractivity contribution >= 4 is 23.7 Å². The van der Waals surface area contributed by atoms with Crippen molar-refractivity contribution in [3.8, 4) is 0 Å². The van der Waals surface area contributed by atoms with Gasteiger partial charge in [0.1, 0.15) is 5.60 Å². The van der Waals surface area contributed by atoms with Crippen molar-refractivity contribution in [2.75, 3.05) is 32.0 Å². The smallest absolute Gasteiger partial charge is 0.410 e. The fraction of sp³-hybridized carbons (Fsp3) is 0.609. The van der Waals surface area contributed by atoms with E-state index in [-0.39, 0.29) is 26.9 Å². The van der Waals surface area contributed by atoms with Crippen LogP contribution in [0.25, 0.3) is 0 Å². The van der Waals surface area contributed by atoms with Crippen molar-refractivity contribution in [2.45, 2.75) is 58.1 Å². The first-order chi connectivity index (χ1) is 14.6. The Morgan fingerprint density at radius 3 is 2.26 bits per heavy atom. The van der Waals surface area contributed by atoms with E-state index in [0.29, 0.717) is 49.6 Å². The van der Waals surface area contributed by atoms with Crippen LogP contribution in [0.3, 0.4) is 0 Å². The van der Waals surface area contributed by atoms with Crippen LogP contribution < -0.4 is 10.6 Å². The van der Waals surface area contributed by atoms with Gasteiger partial charge in [0.2, 0.25) is 0 Å². The number of nitrogens with one attached hydrogen (secondary N) is 2. The van der Waals surface area contributed by atoms with Crippen LogP contribution in [0.4, 0.5) is 15.3 Å². The monoisotopic (exact) mass is 434 g/mol. The Balaban J connectivity index is 0.00000272. The fourth-order valence-corrected chi connectivity index (χ4v) is 3.56. The first-order valence-electron chi connectivity index (χ1n) is 11.0. The summed E-state index contributed by atoms with van der Waals surface area (Å²) in [6, 6.07) is 6.78. The Morgan fingerprint density at radius 1 is 1.10 bits per heavy atom. The minimum absolute atomic E-state index is 0. The number of anilines is 1. The van der Waals surface area contributed by atoms with Crippen molar-refractivity contribution < 1.29 is 22.0 Å². The Hall–Kier alpha value is -2.77. The van der Waals surface area contributed by atoms with Crippen LogP contribution in [0.1, 0.15) is 59.7 Å². The van der Waals surface area contributed by atoms with Crippen molar-refractivity contribution in [3.63, 3.8) is 0 Å². The molecule has 0 aromatic heterocycles. The number of hydrogen-bond acceptors (Lipinski definition) is 4. The third-order valence-corrected chi connectivity index (χ3v) is 5.62. The van der Waals surface area contributed by atoms with Gasteiger partial charge in [0.05, 0.1) is 0 Å². The number of piperidine rings is 1. The number of carbonyl (C=O) groups excluding carboxylic acids is 3. The number of nitrogens with zero attached hydrogens (tertiary/aromatic N) is 2. The van der Waals surface area contributed by atoms with Crippen LogP contribution in [0.5, 0.6) is 0 Å². The number of urea groups is 1. The predicted octanol–water partition coefficient (Wildman–Crippen LogP) is 4.18. The average Bonchev–Trinajstić information content (AvgIpc) is 3.55. The molecule has 0 spiro atoms. The highest BCUT2D eigenvalue weighted by Gasteiger charge is 2.30. The maximum absolute atomic E-state index is 12.9. The van der Waals surface area contributed by atoms with Crippen LogP contribution in [-0.2, 0) is 4.74 Å². The summed E-state index contributed by atoms with van der Waals surface area (Å²) in [5.41, 5.74) is 0.707. The molecule has 1 aromatic carbocycles. The molecule has 0 bridgehead atoms. The Kier molecular flexibility index (Phi) is 7.08. The van der Waals surface area contributed by atoms with E-state index in [1.807, 2.05) is 20.8 Å². The van der Waals surface area contributed by atoms with Gasteiger partial charge in [-0.15, -0.1) is 0 Å². The maximum atomic E-state index is 12.9. The molecule has 1 saturated heterocycles. The number of hydrogen-bond donors (Lipinski definition) is 2. The number of rotatable bonds is 5. The molecule has 1 heterocycles. The first kappa shape index (κ1) is 22.9. The Bertz CT molecular complexity index is 802. The highest BCUT2D eigenvalue weighted by Crippen LogP contribution is 2.27. The second-order valence-corrected chi connectivity index (χ2v) is 9.47. The number of benzene rings is 1. The molecular weight excluding hydrogens is 396 g/mol. The molecule has 8 nitrogen and oxygen atoms in total. The Labute approximate surface area is 187 Å². The third kappa shape index (κ3) is 6.87. The molecular formula is C23H38N4O4. The average molecular weight is 435 g/mol. The summed E-state index contributed by atoms with van der Waals surface area (Å²) in [6.07, 6.45) is 3.49. The molecule has 2 N–H and O–H groups in total. The van der Waals surface area contributed by atoms with E-state index >= 15 is 0 Å². The molecule has 0 atom stereocenters. The van der Waals surface area contributed by atoms with E-state index in [9.17, 15) is 14.4 Å². The van der Waals surface area contributed by atoms with Gasteiger partial charge in [0, 0.05) is 46.8 Å². The summed E-state index contributed by atoms with van der Waals surface area (Å²) in [6.45, 7) is 7.40. The number of ether oxygens (including phenoxy) is 1. The SMILES string of the molecule is CN(C(=O)c1ccc(NC(=O)NCC2CC2)cc1)C1CCN(C(=O)OC(C)(C)C)CC1.[HH].[HH]. The van der Waals surface area contributed by atoms with E-state index < -0.39 is 5.60 Å². The first-order valence-corrected chi connectivity index (χ1v) is 11.0. The molecule has 2 fully saturated rings. The number of amides is 4. The molecule has 174 valence electrons. The Morgan fingerprint density at radius 2 is 1.71 bits per heavy atom. The van der Waals surface area contributed by atoms with Crippen LogP contribution in [-0.4, -0.2) is 66.2 Å². The predicted molar refractivity (Wildman–Crippen MR) is 123 cm³/mol. The van der Waals surface area contributed by atoms with Gasteiger partial charge in [0.25, 0.3) is 5.91 Å². The molecule has 2 aliphatic rings. The van der Waals surface area contributed by atoms with Gasteiger partial charge >= 0.3 is 12.1 Å². The van der Waals surface area contributed by atoms with Crippen molar-refractivity contribution in [3.05, 3.63) is 29.8 Å². The summed E-state index contributed by atoms with van der Waals surface area (Å²) in [5, 5.41) is 5.64. The van der Waals surface area contributed by atoms with Crippen molar-refractivity contribution in [1.82, 2.24) is 15.1 Å². The van der Waals surface area contributed by atoms with Crippen LogP contribution in [0.2, 0.25) is 0 Å². The molecule has 1 aliphatic carbocycles. The zero-order valence-electron chi connectivity index (χ0n) is 18.9. The van der Waals surface area contributed by atoms with Crippen molar-refractivity contribution in [1.29, 1.82) is 0 Å². The van der Waals surface area contributed by atoms with Gasteiger partial charge in [-0.25, -0.2) is 9.59 Å². The molecule has 0 radical (unpaired) electrons. The maximum Gasteiger partial charge on any atom is 0.410 e. The lowest BCUT2D eigenvalue weighted by Crippen LogP contribution is -2.48. The molecule has 8 heteroatoms. The molecule has 1 saturated carbocycles. The number of carbonyl (C=O) groups is 3. The molecule has 3 rings (SSSR count). The van der Waals surface area contributed by atoms with E-state index in [1.165, 1.54) is 12.8 Å². The van der Waals surface area contributed by atoms with E-state index in [2.05, 4.69) is 10.6 Å². The van der Waals surface area contributed by atoms with E-state index in [0.717, 1.165) is 0 Å². The van der Waals surface area contributed by atoms with Crippen LogP contribution in [0.15, 0.2) is 24.3 Å². The summed E-state index contributed by atoms with van der Waals surface area (Å²) in [5.74, 6) is 0.553. The topological polar surface area (TPSA) is 91.0 Å². The van der Waals surface area contributed by atoms with Crippen molar-refractivity contribution in [2.24, 2.45) is 5.92 Å². The highest BCUT2D eigenvalue weighted by molar-refractivity contribution is 5.95. The summed E-state index contributed by atoms with van der Waals surface area (Å²) < 4.78 is 5.43. The van der Waals surface area contributed by atoms with E-state index in [4.69, 9.17) is 4.74 Å². The third-order valence-electron chi connectivity index (χ3n) is 5.62. The second kappa shape index (κ2) is 9.58. The summed E-state index contributed by atoms with van der Waals surface area (Å²) in [4.78, 5) is 40.5. The molecule has 1 aromatic rings. The van der Waals surface area contributed by atoms with Gasteiger partial charge in [-0.3, -0.25) is 4.79 Å². The second-order valence-electron chi connectivity index (χ2n) is 9.47. The minimum Gasteiger partial charge on any atom is -0.444 e. The van der Waals surface area contributed by atoms with Crippen LogP contribution in [0, 0.1) is 5.92 Å². The van der Waals surface area contributed by atoms with Gasteiger partial charge in [-0.2, -0.15) is 0 Å². The van der Waals surface area contributed by atoms with Gasteiger partial charge in [-0.1, -0.05) is 0 Å². The lowest BCUT2D eigenvalue weighted by Gasteiger charge is -2.37. The molecule has 0 unspecified atom stereocenters. The normalized spacial score (nSPS) is 17.1. The van der Waals surface area contributed by atoms with Gasteiger partial charge in [-0.05, 0) is 76.6 Å². The largest absolute Gasteiger partial charge is 0.444 e. The lowest BCUT2D eigenvalue weighted by atomic mass is 10.0.